The number of piperidine rings is 1. The number of ether oxygens (including phenoxy) is 2. The van der Waals surface area contributed by atoms with E-state index >= 15 is 0 Å². The molecule has 1 aliphatic carbocycles. The van der Waals surface area contributed by atoms with Crippen LogP contribution < -0.4 is 9.64 Å². The van der Waals surface area contributed by atoms with Crippen LogP contribution in [0.3, 0.4) is 0 Å². The number of fused-ring (bicyclic) bond motifs is 5. The highest BCUT2D eigenvalue weighted by molar-refractivity contribution is 7.89. The number of benzene rings is 3. The number of hydrogen-bond acceptors (Lipinski definition) is 6. The Bertz CT molecular complexity index is 1440. The molecule has 0 spiro atoms. The molecule has 9 heteroatoms. The number of piperazine rings is 1. The van der Waals surface area contributed by atoms with Gasteiger partial charge in [0, 0.05) is 38.4 Å². The highest BCUT2D eigenvalue weighted by Gasteiger charge is 2.42. The predicted molar refractivity (Wildman–Crippen MR) is 148 cm³/mol. The summed E-state index contributed by atoms with van der Waals surface area (Å²) in [6, 6.07) is 22.8. The third-order valence-electron chi connectivity index (χ3n) is 8.21. The Kier molecular flexibility index (Phi) is 6.95. The van der Waals surface area contributed by atoms with Crippen LogP contribution in [0, 0.1) is 0 Å². The molecule has 3 aromatic carbocycles. The molecule has 2 saturated heterocycles. The minimum atomic E-state index is -3.56. The van der Waals surface area contributed by atoms with Gasteiger partial charge in [0.1, 0.15) is 12.4 Å². The van der Waals surface area contributed by atoms with E-state index in [4.69, 9.17) is 9.47 Å². The monoisotopic (exact) mass is 547 g/mol. The summed E-state index contributed by atoms with van der Waals surface area (Å²) >= 11 is 0. The summed E-state index contributed by atoms with van der Waals surface area (Å²) in [7, 11) is -2.00. The van der Waals surface area contributed by atoms with Crippen molar-refractivity contribution in [3.8, 4) is 5.75 Å². The van der Waals surface area contributed by atoms with Crippen molar-refractivity contribution in [2.45, 2.75) is 36.3 Å². The van der Waals surface area contributed by atoms with Crippen molar-refractivity contribution in [2.24, 2.45) is 0 Å². The number of likely N-dealkylation sites (tertiary alicyclic amines) is 1. The van der Waals surface area contributed by atoms with Gasteiger partial charge in [-0.1, -0.05) is 36.4 Å². The fourth-order valence-electron chi connectivity index (χ4n) is 6.07. The molecule has 2 fully saturated rings. The number of carbonyl (C=O) groups is 1. The number of anilines is 1. The topological polar surface area (TPSA) is 79.4 Å². The summed E-state index contributed by atoms with van der Waals surface area (Å²) < 4.78 is 38.7. The zero-order valence-electron chi connectivity index (χ0n) is 22.0. The van der Waals surface area contributed by atoms with Crippen LogP contribution in [0.2, 0.25) is 0 Å². The van der Waals surface area contributed by atoms with E-state index < -0.39 is 10.0 Å². The third kappa shape index (κ3) is 4.96. The zero-order valence-corrected chi connectivity index (χ0v) is 22.8. The molecule has 2 atom stereocenters. The summed E-state index contributed by atoms with van der Waals surface area (Å²) in [5, 5.41) is 0. The number of hydrogen-bond donors (Lipinski definition) is 0. The van der Waals surface area contributed by atoms with Gasteiger partial charge in [-0.3, -0.25) is 0 Å². The van der Waals surface area contributed by atoms with Crippen LogP contribution in [0.1, 0.15) is 41.5 Å². The lowest BCUT2D eigenvalue weighted by Gasteiger charge is -2.36. The van der Waals surface area contributed by atoms with Crippen molar-refractivity contribution in [2.75, 3.05) is 44.7 Å². The summed E-state index contributed by atoms with van der Waals surface area (Å²) in [6.45, 7) is 2.98. The van der Waals surface area contributed by atoms with Crippen LogP contribution >= 0.6 is 0 Å². The predicted octanol–water partition coefficient (Wildman–Crippen LogP) is 4.78. The average Bonchev–Trinajstić information content (AvgIpc) is 3.27. The molecule has 6 rings (SSSR count). The molecule has 0 N–H and O–H groups in total. The van der Waals surface area contributed by atoms with E-state index in [-0.39, 0.29) is 23.6 Å². The maximum atomic E-state index is 13.2. The second kappa shape index (κ2) is 10.5. The minimum absolute atomic E-state index is 0.0127. The number of nitrogens with zero attached hydrogens (tertiary/aromatic N) is 3. The summed E-state index contributed by atoms with van der Waals surface area (Å²) in [5.41, 5.74) is 4.56. The van der Waals surface area contributed by atoms with E-state index in [0.717, 1.165) is 24.1 Å². The maximum Gasteiger partial charge on any atom is 0.410 e. The molecule has 0 radical (unpaired) electrons. The molecule has 39 heavy (non-hydrogen) atoms. The molecule has 3 aliphatic rings. The Balaban J connectivity index is 1.13. The largest absolute Gasteiger partial charge is 0.497 e. The molecular weight excluding hydrogens is 514 g/mol. The second-order valence-electron chi connectivity index (χ2n) is 10.4. The van der Waals surface area contributed by atoms with Crippen molar-refractivity contribution in [1.29, 1.82) is 0 Å². The first-order valence-electron chi connectivity index (χ1n) is 13.4. The lowest BCUT2D eigenvalue weighted by molar-refractivity contribution is 0.0694. The lowest BCUT2D eigenvalue weighted by atomic mass is 9.96. The van der Waals surface area contributed by atoms with Gasteiger partial charge in [-0.2, -0.15) is 4.31 Å². The Morgan fingerprint density at radius 3 is 2.36 bits per heavy atom. The summed E-state index contributed by atoms with van der Waals surface area (Å²) in [6.07, 6.45) is 1.59. The minimum Gasteiger partial charge on any atom is -0.497 e. The van der Waals surface area contributed by atoms with Gasteiger partial charge < -0.3 is 19.3 Å². The van der Waals surface area contributed by atoms with Crippen LogP contribution in [-0.2, 0) is 21.4 Å². The normalized spacial score (nSPS) is 20.9. The van der Waals surface area contributed by atoms with Gasteiger partial charge in [0.15, 0.2) is 0 Å². The average molecular weight is 548 g/mol. The van der Waals surface area contributed by atoms with Gasteiger partial charge in [-0.05, 0) is 71.8 Å². The molecule has 2 unspecified atom stereocenters. The Morgan fingerprint density at radius 2 is 1.64 bits per heavy atom. The quantitative estimate of drug-likeness (QED) is 0.442. The van der Waals surface area contributed by atoms with Gasteiger partial charge in [-0.15, -0.1) is 0 Å². The highest BCUT2D eigenvalue weighted by atomic mass is 32.2. The van der Waals surface area contributed by atoms with Gasteiger partial charge >= 0.3 is 6.09 Å². The zero-order chi connectivity index (χ0) is 27.0. The van der Waals surface area contributed by atoms with Gasteiger partial charge in [-0.25, -0.2) is 13.2 Å². The second-order valence-corrected chi connectivity index (χ2v) is 12.3. The van der Waals surface area contributed by atoms with Crippen LogP contribution in [0.15, 0.2) is 77.7 Å². The van der Waals surface area contributed by atoms with Crippen molar-refractivity contribution in [3.63, 3.8) is 0 Å². The van der Waals surface area contributed by atoms with Crippen LogP contribution in [0.5, 0.6) is 5.75 Å². The number of sulfonamides is 1. The molecule has 204 valence electrons. The fourth-order valence-corrected chi connectivity index (χ4v) is 7.49. The molecule has 0 saturated carbocycles. The summed E-state index contributed by atoms with van der Waals surface area (Å²) in [4.78, 5) is 17.5. The van der Waals surface area contributed by atoms with E-state index in [2.05, 4.69) is 23.1 Å². The van der Waals surface area contributed by atoms with Crippen LogP contribution in [0.25, 0.3) is 0 Å². The smallest absolute Gasteiger partial charge is 0.410 e. The molecule has 2 bridgehead atoms. The maximum absolute atomic E-state index is 13.2. The number of amides is 1. The molecule has 2 aliphatic heterocycles. The Hall–Kier alpha value is -3.56. The van der Waals surface area contributed by atoms with Crippen LogP contribution in [0.4, 0.5) is 10.5 Å². The molecule has 8 nitrogen and oxygen atoms in total. The molecule has 2 heterocycles. The third-order valence-corrected chi connectivity index (χ3v) is 10.1. The number of carbonyl (C=O) groups excluding carboxylic acids is 1. The Morgan fingerprint density at radius 1 is 0.897 bits per heavy atom. The first kappa shape index (κ1) is 25.7. The van der Waals surface area contributed by atoms with E-state index in [1.807, 2.05) is 35.2 Å². The molecule has 0 aromatic heterocycles. The van der Waals surface area contributed by atoms with Gasteiger partial charge in [0.2, 0.25) is 10.0 Å². The Labute approximate surface area is 229 Å². The standard InChI is InChI=1S/C30H33N3O5S/c1-37-25-8-10-26(11-9-25)39(35,36)32-17-15-31(16-18-32)24-7-12-27-23-13-14-33(29(19-23)28(27)20-24)30(34)38-21-22-5-3-2-4-6-22/h2-12,20,23,29H,13-19,21H2,1H3. The SMILES string of the molecule is COc1ccc(S(=O)(=O)N2CCN(c3ccc4c(c3)C3CC4CCN3C(=O)OCc3ccccc3)CC2)cc1. The molecule has 1 amide bonds. The number of rotatable bonds is 6. The molecule has 3 aromatic rings. The number of methoxy groups -OCH3 is 1. The van der Waals surface area contributed by atoms with Crippen molar-refractivity contribution < 1.29 is 22.7 Å². The highest BCUT2D eigenvalue weighted by Crippen LogP contribution is 2.50. The van der Waals surface area contributed by atoms with E-state index in [9.17, 15) is 13.2 Å². The lowest BCUT2D eigenvalue weighted by Crippen LogP contribution is -2.48. The first-order chi connectivity index (χ1) is 18.9. The first-order valence-corrected chi connectivity index (χ1v) is 14.9. The van der Waals surface area contributed by atoms with Gasteiger partial charge in [0.05, 0.1) is 18.0 Å². The van der Waals surface area contributed by atoms with Crippen molar-refractivity contribution >= 4 is 21.8 Å². The van der Waals surface area contributed by atoms with Crippen molar-refractivity contribution in [1.82, 2.24) is 9.21 Å². The van der Waals surface area contributed by atoms with Gasteiger partial charge in [0.25, 0.3) is 0 Å². The van der Waals surface area contributed by atoms with Crippen LogP contribution in [-0.4, -0.2) is 63.5 Å². The molecular formula is C30H33N3O5S. The fraction of sp³-hybridized carbons (Fsp3) is 0.367. The van der Waals surface area contributed by atoms with E-state index in [1.165, 1.54) is 11.1 Å². The van der Waals surface area contributed by atoms with E-state index in [1.54, 1.807) is 35.7 Å². The summed E-state index contributed by atoms with van der Waals surface area (Å²) in [5.74, 6) is 1.09. The van der Waals surface area contributed by atoms with Crippen molar-refractivity contribution in [3.05, 3.63) is 89.5 Å². The van der Waals surface area contributed by atoms with E-state index in [0.29, 0.717) is 44.4 Å².